The molecular weight excluding hydrogens is 389 g/mol. The zero-order chi connectivity index (χ0) is 19.4. The molecule has 3 nitrogen and oxygen atoms in total. The number of hydrogen-bond donors (Lipinski definition) is 2. The van der Waals surface area contributed by atoms with Gasteiger partial charge in [-0.05, 0) is 67.1 Å². The van der Waals surface area contributed by atoms with Gasteiger partial charge in [0.05, 0.1) is 5.56 Å². The predicted octanol–water partition coefficient (Wildman–Crippen LogP) is 4.97. The summed E-state index contributed by atoms with van der Waals surface area (Å²) in [5.74, 6) is -0.744. The third kappa shape index (κ3) is 5.49. The summed E-state index contributed by atoms with van der Waals surface area (Å²) in [4.78, 5) is 11.6. The molecule has 0 aliphatic carbocycles. The van der Waals surface area contributed by atoms with Gasteiger partial charge in [0.25, 0.3) is 0 Å². The number of piperidine rings is 1. The van der Waals surface area contributed by atoms with Crippen molar-refractivity contribution < 1.29 is 18.0 Å². The highest BCUT2D eigenvalue weighted by Crippen LogP contribution is 2.34. The number of rotatable bonds is 5. The van der Waals surface area contributed by atoms with Gasteiger partial charge < -0.3 is 11.1 Å². The van der Waals surface area contributed by atoms with Gasteiger partial charge in [-0.15, -0.1) is 12.4 Å². The van der Waals surface area contributed by atoms with E-state index in [2.05, 4.69) is 5.32 Å². The van der Waals surface area contributed by atoms with Crippen molar-refractivity contribution in [1.82, 2.24) is 5.32 Å². The fourth-order valence-corrected chi connectivity index (χ4v) is 3.54. The number of aryl methyl sites for hydroxylation is 1. The normalized spacial score (nSPS) is 17.0. The lowest BCUT2D eigenvalue weighted by Gasteiger charge is -2.23. The van der Waals surface area contributed by atoms with E-state index in [-0.39, 0.29) is 23.5 Å². The van der Waals surface area contributed by atoms with E-state index in [9.17, 15) is 18.0 Å². The molecule has 1 amide bonds. The van der Waals surface area contributed by atoms with Gasteiger partial charge in [0.1, 0.15) is 0 Å². The molecule has 1 unspecified atom stereocenters. The number of carbonyl (C=O) groups excluding carboxylic acids is 1. The fraction of sp³-hybridized carbons (Fsp3) is 0.381. The first kappa shape index (κ1) is 22.2. The van der Waals surface area contributed by atoms with Crippen LogP contribution in [0.1, 0.15) is 47.2 Å². The first-order valence-corrected chi connectivity index (χ1v) is 9.18. The predicted molar refractivity (Wildman–Crippen MR) is 107 cm³/mol. The minimum absolute atomic E-state index is 0. The van der Waals surface area contributed by atoms with Crippen LogP contribution in [0, 0.1) is 0 Å². The van der Waals surface area contributed by atoms with Gasteiger partial charge in [-0.2, -0.15) is 13.2 Å². The Labute approximate surface area is 168 Å². The van der Waals surface area contributed by atoms with E-state index in [0.29, 0.717) is 11.6 Å². The zero-order valence-electron chi connectivity index (χ0n) is 15.4. The van der Waals surface area contributed by atoms with Crippen LogP contribution in [0.5, 0.6) is 0 Å². The second-order valence-corrected chi connectivity index (χ2v) is 7.00. The van der Waals surface area contributed by atoms with Crippen molar-refractivity contribution in [3.05, 3.63) is 59.2 Å². The SMILES string of the molecule is Cl.NC(=O)c1ccc(C(F)(F)F)cc1-c1ccc(CCC2CCCCN2)cc1. The van der Waals surface area contributed by atoms with Gasteiger partial charge in [0, 0.05) is 11.6 Å². The van der Waals surface area contributed by atoms with Crippen LogP contribution in [-0.4, -0.2) is 18.5 Å². The van der Waals surface area contributed by atoms with Gasteiger partial charge in [0.15, 0.2) is 0 Å². The maximum absolute atomic E-state index is 13.0. The summed E-state index contributed by atoms with van der Waals surface area (Å²) in [5, 5.41) is 3.51. The summed E-state index contributed by atoms with van der Waals surface area (Å²) >= 11 is 0. The molecule has 2 aromatic carbocycles. The van der Waals surface area contributed by atoms with Crippen LogP contribution in [0.15, 0.2) is 42.5 Å². The Morgan fingerprint density at radius 1 is 1.11 bits per heavy atom. The number of amides is 1. The summed E-state index contributed by atoms with van der Waals surface area (Å²) in [6.45, 7) is 1.06. The number of nitrogens with two attached hydrogens (primary N) is 1. The van der Waals surface area contributed by atoms with Crippen molar-refractivity contribution in [2.24, 2.45) is 5.73 Å². The largest absolute Gasteiger partial charge is 0.416 e. The zero-order valence-corrected chi connectivity index (χ0v) is 16.2. The Balaban J connectivity index is 0.00000280. The molecule has 1 aliphatic heterocycles. The van der Waals surface area contributed by atoms with Crippen LogP contribution in [0.4, 0.5) is 13.2 Å². The molecule has 0 aromatic heterocycles. The number of primary amides is 1. The topological polar surface area (TPSA) is 55.1 Å². The van der Waals surface area contributed by atoms with Crippen LogP contribution < -0.4 is 11.1 Å². The molecule has 152 valence electrons. The first-order chi connectivity index (χ1) is 12.8. The van der Waals surface area contributed by atoms with Crippen LogP contribution in [0.25, 0.3) is 11.1 Å². The number of halogens is 4. The Morgan fingerprint density at radius 2 is 1.82 bits per heavy atom. The third-order valence-electron chi connectivity index (χ3n) is 5.07. The average molecular weight is 413 g/mol. The van der Waals surface area contributed by atoms with E-state index >= 15 is 0 Å². The number of hydrogen-bond acceptors (Lipinski definition) is 2. The number of benzene rings is 2. The lowest BCUT2D eigenvalue weighted by Crippen LogP contribution is -2.34. The van der Waals surface area contributed by atoms with Gasteiger partial charge in [-0.1, -0.05) is 30.7 Å². The summed E-state index contributed by atoms with van der Waals surface area (Å²) in [6.07, 6.45) is 1.13. The molecule has 0 saturated carbocycles. The molecule has 1 aliphatic rings. The van der Waals surface area contributed by atoms with Crippen LogP contribution >= 0.6 is 12.4 Å². The van der Waals surface area contributed by atoms with Crippen molar-refractivity contribution in [3.63, 3.8) is 0 Å². The molecule has 0 spiro atoms. The molecule has 28 heavy (non-hydrogen) atoms. The van der Waals surface area contributed by atoms with E-state index < -0.39 is 17.6 Å². The Morgan fingerprint density at radius 3 is 2.39 bits per heavy atom. The van der Waals surface area contributed by atoms with Crippen LogP contribution in [0.3, 0.4) is 0 Å². The second kappa shape index (κ2) is 9.43. The highest BCUT2D eigenvalue weighted by atomic mass is 35.5. The lowest BCUT2D eigenvalue weighted by molar-refractivity contribution is -0.137. The van der Waals surface area contributed by atoms with E-state index in [1.807, 2.05) is 12.1 Å². The summed E-state index contributed by atoms with van der Waals surface area (Å²) < 4.78 is 39.1. The molecule has 3 rings (SSSR count). The molecule has 0 bridgehead atoms. The minimum Gasteiger partial charge on any atom is -0.366 e. The maximum atomic E-state index is 13.0. The summed E-state index contributed by atoms with van der Waals surface area (Å²) in [7, 11) is 0. The van der Waals surface area contributed by atoms with Crippen molar-refractivity contribution in [2.75, 3.05) is 6.54 Å². The lowest BCUT2D eigenvalue weighted by atomic mass is 9.94. The molecular formula is C21H24ClF3N2O. The number of nitrogens with one attached hydrogen (secondary N) is 1. The quantitative estimate of drug-likeness (QED) is 0.728. The monoisotopic (exact) mass is 412 g/mol. The third-order valence-corrected chi connectivity index (χ3v) is 5.07. The van der Waals surface area contributed by atoms with E-state index in [4.69, 9.17) is 5.73 Å². The van der Waals surface area contributed by atoms with Crippen LogP contribution in [-0.2, 0) is 12.6 Å². The highest BCUT2D eigenvalue weighted by Gasteiger charge is 2.31. The first-order valence-electron chi connectivity index (χ1n) is 9.18. The molecule has 7 heteroatoms. The van der Waals surface area contributed by atoms with Gasteiger partial charge in [-0.25, -0.2) is 0 Å². The maximum Gasteiger partial charge on any atom is 0.416 e. The van der Waals surface area contributed by atoms with Gasteiger partial charge >= 0.3 is 6.18 Å². The van der Waals surface area contributed by atoms with Crippen molar-refractivity contribution in [3.8, 4) is 11.1 Å². The van der Waals surface area contributed by atoms with Gasteiger partial charge in [-0.3, -0.25) is 4.79 Å². The molecule has 0 radical (unpaired) electrons. The molecule has 1 saturated heterocycles. The smallest absolute Gasteiger partial charge is 0.366 e. The van der Waals surface area contributed by atoms with E-state index in [1.54, 1.807) is 12.1 Å². The van der Waals surface area contributed by atoms with E-state index in [1.165, 1.54) is 19.3 Å². The van der Waals surface area contributed by atoms with Crippen molar-refractivity contribution >= 4 is 18.3 Å². The molecule has 1 heterocycles. The van der Waals surface area contributed by atoms with Crippen LogP contribution in [0.2, 0.25) is 0 Å². The number of carbonyl (C=O) groups is 1. The second-order valence-electron chi connectivity index (χ2n) is 7.00. The van der Waals surface area contributed by atoms with Crippen molar-refractivity contribution in [1.29, 1.82) is 0 Å². The van der Waals surface area contributed by atoms with E-state index in [0.717, 1.165) is 43.1 Å². The molecule has 1 atom stereocenters. The molecule has 1 fully saturated rings. The highest BCUT2D eigenvalue weighted by molar-refractivity contribution is 6.00. The van der Waals surface area contributed by atoms with Crippen molar-refractivity contribution in [2.45, 2.75) is 44.3 Å². The summed E-state index contributed by atoms with van der Waals surface area (Å²) in [5.41, 5.74) is 6.51. The fourth-order valence-electron chi connectivity index (χ4n) is 3.54. The molecule has 3 N–H and O–H groups in total. The Bertz CT molecular complexity index is 800. The Hall–Kier alpha value is -2.05. The number of alkyl halides is 3. The standard InChI is InChI=1S/C21H23F3N2O.ClH/c22-21(23,24)16-9-11-18(20(25)27)19(13-16)15-7-4-14(5-8-15)6-10-17-3-1-2-12-26-17;/h4-5,7-9,11,13,17,26H,1-3,6,10,12H2,(H2,25,27);1H. The summed E-state index contributed by atoms with van der Waals surface area (Å²) in [6, 6.07) is 10.9. The Kier molecular flexibility index (Phi) is 7.49. The minimum atomic E-state index is -4.47. The van der Waals surface area contributed by atoms with Gasteiger partial charge in [0.2, 0.25) is 5.91 Å². The molecule has 2 aromatic rings. The average Bonchev–Trinajstić information content (AvgIpc) is 2.66.